The molecule has 0 aliphatic heterocycles. The molecule has 158 valence electrons. The second-order valence-corrected chi connectivity index (χ2v) is 12.9. The minimum Gasteiger partial charge on any atom is -0.0805 e. The molecule has 3 aromatic rings. The lowest BCUT2D eigenvalue weighted by atomic mass is 10.1. The molecular weight excluding hydrogens is 388 g/mol. The smallest absolute Gasteiger partial charge is 0.0805 e. The molecule has 0 aromatic heterocycles. The van der Waals surface area contributed by atoms with Gasteiger partial charge in [-0.25, -0.2) is 0 Å². The number of unbranched alkanes of at least 4 members (excludes halogenated alkanes) is 1. The molecule has 1 aliphatic carbocycles. The van der Waals surface area contributed by atoms with Crippen LogP contribution in [0.3, 0.4) is 0 Å². The first-order chi connectivity index (χ1) is 15.1. The van der Waals surface area contributed by atoms with E-state index in [0.717, 1.165) is 6.42 Å². The minimum atomic E-state index is -2.38. The molecule has 0 N–H and O–H groups in total. The van der Waals surface area contributed by atoms with E-state index >= 15 is 0 Å². The zero-order valence-corrected chi connectivity index (χ0v) is 20.4. The molecule has 4 rings (SSSR count). The summed E-state index contributed by atoms with van der Waals surface area (Å²) < 4.78 is 0. The SMILES string of the molecule is CCCCC1=C([Si](c2cccc(C)c2)(c2cccc(C)c2)c2cccc(C)c2)CC=C1. The van der Waals surface area contributed by atoms with Crippen molar-refractivity contribution in [3.05, 3.63) is 112 Å². The van der Waals surface area contributed by atoms with Crippen molar-refractivity contribution >= 4 is 23.6 Å². The van der Waals surface area contributed by atoms with Crippen LogP contribution < -0.4 is 15.6 Å². The van der Waals surface area contributed by atoms with Crippen molar-refractivity contribution in [3.63, 3.8) is 0 Å². The molecule has 0 unspecified atom stereocenters. The van der Waals surface area contributed by atoms with Gasteiger partial charge in [0.25, 0.3) is 0 Å². The van der Waals surface area contributed by atoms with E-state index in [1.807, 2.05) is 0 Å². The third kappa shape index (κ3) is 4.12. The predicted molar refractivity (Wildman–Crippen MR) is 139 cm³/mol. The Morgan fingerprint density at radius 3 is 1.61 bits per heavy atom. The summed E-state index contributed by atoms with van der Waals surface area (Å²) in [4.78, 5) is 0. The highest BCUT2D eigenvalue weighted by Crippen LogP contribution is 2.32. The number of aryl methyl sites for hydroxylation is 3. The summed E-state index contributed by atoms with van der Waals surface area (Å²) in [5.74, 6) is 0. The second-order valence-electron chi connectivity index (χ2n) is 9.07. The van der Waals surface area contributed by atoms with Crippen molar-refractivity contribution in [1.82, 2.24) is 0 Å². The normalized spacial score (nSPS) is 13.8. The van der Waals surface area contributed by atoms with Gasteiger partial charge in [-0.1, -0.05) is 126 Å². The molecule has 0 fully saturated rings. The number of hydrogen-bond donors (Lipinski definition) is 0. The summed E-state index contributed by atoms with van der Waals surface area (Å²) in [7, 11) is -2.38. The topological polar surface area (TPSA) is 0 Å². The first-order valence-electron chi connectivity index (χ1n) is 11.7. The molecular formula is C30H34Si. The van der Waals surface area contributed by atoms with Crippen LogP contribution in [0.15, 0.2) is 95.7 Å². The molecule has 0 nitrogen and oxygen atoms in total. The molecule has 0 spiro atoms. The third-order valence-corrected chi connectivity index (χ3v) is 11.6. The van der Waals surface area contributed by atoms with Gasteiger partial charge in [0.2, 0.25) is 0 Å². The van der Waals surface area contributed by atoms with Gasteiger partial charge < -0.3 is 0 Å². The van der Waals surface area contributed by atoms with Crippen LogP contribution in [0.1, 0.15) is 49.3 Å². The van der Waals surface area contributed by atoms with E-state index in [0.29, 0.717) is 0 Å². The minimum absolute atomic E-state index is 1.07. The highest BCUT2D eigenvalue weighted by Gasteiger charge is 2.44. The zero-order valence-electron chi connectivity index (χ0n) is 19.4. The second kappa shape index (κ2) is 9.24. The van der Waals surface area contributed by atoms with E-state index < -0.39 is 8.07 Å². The standard InChI is InChI=1S/C30H34Si/c1-5-6-14-26-15-10-19-30(26)31(27-16-7-11-23(2)20-27,28-17-8-12-24(3)21-28)29-18-9-13-25(4)22-29/h7-13,15-18,20-22H,5-6,14,19H2,1-4H3. The maximum atomic E-state index is 2.46. The van der Waals surface area contributed by atoms with E-state index in [1.165, 1.54) is 51.5 Å². The van der Waals surface area contributed by atoms with Gasteiger partial charge in [0.1, 0.15) is 0 Å². The number of hydrogen-bond acceptors (Lipinski definition) is 0. The van der Waals surface area contributed by atoms with Crippen LogP contribution in [0.5, 0.6) is 0 Å². The lowest BCUT2D eigenvalue weighted by molar-refractivity contribution is 0.797. The van der Waals surface area contributed by atoms with Crippen molar-refractivity contribution in [3.8, 4) is 0 Å². The molecule has 0 heterocycles. The first kappa shape index (κ1) is 21.6. The van der Waals surface area contributed by atoms with Crippen molar-refractivity contribution in [2.45, 2.75) is 53.4 Å². The highest BCUT2D eigenvalue weighted by molar-refractivity contribution is 7.16. The van der Waals surface area contributed by atoms with Gasteiger partial charge in [-0.05, 0) is 55.6 Å². The molecule has 1 aliphatic rings. The summed E-state index contributed by atoms with van der Waals surface area (Å²) in [6, 6.07) is 28.0. The Balaban J connectivity index is 2.12. The van der Waals surface area contributed by atoms with Gasteiger partial charge in [-0.15, -0.1) is 0 Å². The van der Waals surface area contributed by atoms with Crippen LogP contribution in [0, 0.1) is 20.8 Å². The fourth-order valence-electron chi connectivity index (χ4n) is 5.20. The predicted octanol–water partition coefficient (Wildman–Crippen LogP) is 6.07. The number of allylic oxidation sites excluding steroid dienone is 4. The molecule has 0 saturated carbocycles. The van der Waals surface area contributed by atoms with Gasteiger partial charge >= 0.3 is 0 Å². The van der Waals surface area contributed by atoms with E-state index in [1.54, 1.807) is 10.8 Å². The van der Waals surface area contributed by atoms with Crippen LogP contribution in [0.25, 0.3) is 0 Å². The molecule has 1 heteroatoms. The summed E-state index contributed by atoms with van der Waals surface area (Å²) in [5.41, 5.74) is 5.61. The largest absolute Gasteiger partial charge is 0.176 e. The van der Waals surface area contributed by atoms with Gasteiger partial charge in [-0.3, -0.25) is 0 Å². The Bertz CT molecular complexity index is 1020. The van der Waals surface area contributed by atoms with Crippen LogP contribution in [-0.4, -0.2) is 8.07 Å². The summed E-state index contributed by atoms with van der Waals surface area (Å²) >= 11 is 0. The van der Waals surface area contributed by atoms with Gasteiger partial charge in [0, 0.05) is 0 Å². The maximum Gasteiger partial charge on any atom is 0.176 e. The summed E-state index contributed by atoms with van der Waals surface area (Å²) in [6.07, 6.45) is 9.57. The van der Waals surface area contributed by atoms with Gasteiger partial charge in [0.15, 0.2) is 8.07 Å². The Morgan fingerprint density at radius 2 is 1.19 bits per heavy atom. The van der Waals surface area contributed by atoms with Crippen LogP contribution in [-0.2, 0) is 0 Å². The monoisotopic (exact) mass is 422 g/mol. The van der Waals surface area contributed by atoms with E-state index in [9.17, 15) is 0 Å². The molecule has 0 radical (unpaired) electrons. The van der Waals surface area contributed by atoms with Gasteiger partial charge in [-0.2, -0.15) is 0 Å². The average Bonchev–Trinajstić information content (AvgIpc) is 3.22. The summed E-state index contributed by atoms with van der Waals surface area (Å²) in [6.45, 7) is 8.99. The Morgan fingerprint density at radius 1 is 0.710 bits per heavy atom. The quantitative estimate of drug-likeness (QED) is 0.320. The van der Waals surface area contributed by atoms with Crippen LogP contribution in [0.4, 0.5) is 0 Å². The third-order valence-electron chi connectivity index (χ3n) is 6.63. The lowest BCUT2D eigenvalue weighted by Gasteiger charge is -2.37. The fraction of sp³-hybridized carbons (Fsp3) is 0.267. The molecule has 3 aromatic carbocycles. The van der Waals surface area contributed by atoms with E-state index in [4.69, 9.17) is 0 Å². The zero-order chi connectivity index (χ0) is 21.8. The van der Waals surface area contributed by atoms with E-state index in [2.05, 4.69) is 113 Å². The van der Waals surface area contributed by atoms with Crippen molar-refractivity contribution < 1.29 is 0 Å². The van der Waals surface area contributed by atoms with Crippen molar-refractivity contribution in [2.75, 3.05) is 0 Å². The van der Waals surface area contributed by atoms with Crippen LogP contribution >= 0.6 is 0 Å². The molecule has 0 saturated heterocycles. The fourth-order valence-corrected chi connectivity index (χ4v) is 10.7. The molecule has 0 atom stereocenters. The molecule has 0 bridgehead atoms. The Kier molecular flexibility index (Phi) is 6.43. The lowest BCUT2D eigenvalue weighted by Crippen LogP contribution is -2.69. The summed E-state index contributed by atoms with van der Waals surface area (Å²) in [5, 5.41) is 6.21. The first-order valence-corrected chi connectivity index (χ1v) is 13.7. The van der Waals surface area contributed by atoms with Crippen molar-refractivity contribution in [2.24, 2.45) is 0 Å². The van der Waals surface area contributed by atoms with Gasteiger partial charge in [0.05, 0.1) is 0 Å². The Labute approximate surface area is 189 Å². The van der Waals surface area contributed by atoms with E-state index in [-0.39, 0.29) is 0 Å². The van der Waals surface area contributed by atoms with Crippen LogP contribution in [0.2, 0.25) is 0 Å². The highest BCUT2D eigenvalue weighted by atomic mass is 28.3. The molecule has 31 heavy (non-hydrogen) atoms. The number of rotatable bonds is 7. The molecule has 0 amide bonds. The Hall–Kier alpha value is -2.64. The van der Waals surface area contributed by atoms with Crippen molar-refractivity contribution in [1.29, 1.82) is 0 Å². The average molecular weight is 423 g/mol. The number of benzene rings is 3. The maximum absolute atomic E-state index is 2.46.